The van der Waals surface area contributed by atoms with Crippen molar-refractivity contribution in [3.8, 4) is 0 Å². The normalized spacial score (nSPS) is 10.0. The molecule has 6 nitrogen and oxygen atoms in total. The molecule has 0 aliphatic rings. The number of nitrogens with two attached hydrogens (primary N) is 1. The van der Waals surface area contributed by atoms with Crippen molar-refractivity contribution in [3.05, 3.63) is 65.9 Å². The lowest BCUT2D eigenvalue weighted by Gasteiger charge is -1.95. The summed E-state index contributed by atoms with van der Waals surface area (Å²) in [6.07, 6.45) is 3.65. The molecule has 0 saturated carbocycles. The average Bonchev–Trinajstić information content (AvgIpc) is 3.22. The van der Waals surface area contributed by atoms with E-state index in [2.05, 4.69) is 24.8 Å². The first-order valence-corrected chi connectivity index (χ1v) is 7.14. The topological polar surface area (TPSA) is 87.7 Å². The Labute approximate surface area is 137 Å². The molecule has 4 aromatic rings. The van der Waals surface area contributed by atoms with Gasteiger partial charge in [-0.05, 0) is 30.3 Å². The number of nitrogens with zero attached hydrogens (tertiary/aromatic N) is 3. The molecule has 112 valence electrons. The highest BCUT2D eigenvalue weighted by Crippen LogP contribution is 2.14. The Balaban J connectivity index is 0.000000136. The third-order valence-corrected chi connectivity index (χ3v) is 3.38. The van der Waals surface area contributed by atoms with Crippen LogP contribution in [-0.4, -0.2) is 24.9 Å². The maximum Gasteiger partial charge on any atom is 0.271 e. The molecular weight excluding hydrogens is 308 g/mol. The molecule has 0 unspecified atom stereocenters. The number of thiocarbonyl (C=S) groups is 1. The van der Waals surface area contributed by atoms with Gasteiger partial charge in [-0.2, -0.15) is 0 Å². The first-order valence-electron chi connectivity index (χ1n) is 6.73. The fourth-order valence-corrected chi connectivity index (χ4v) is 2.16. The minimum atomic E-state index is 0.325. The molecule has 4 heterocycles. The molecule has 0 aliphatic heterocycles. The summed E-state index contributed by atoms with van der Waals surface area (Å²) in [5.41, 5.74) is 7.68. The summed E-state index contributed by atoms with van der Waals surface area (Å²) in [7, 11) is 0. The second-order valence-electron chi connectivity index (χ2n) is 4.67. The monoisotopic (exact) mass is 320 g/mol. The summed E-state index contributed by atoms with van der Waals surface area (Å²) < 4.78 is 0. The lowest BCUT2D eigenvalue weighted by atomic mass is 10.3. The third kappa shape index (κ3) is 3.17. The molecule has 0 aromatic carbocycles. The predicted octanol–water partition coefficient (Wildman–Crippen LogP) is 3.31. The van der Waals surface area contributed by atoms with E-state index in [9.17, 15) is 0 Å². The van der Waals surface area contributed by atoms with Gasteiger partial charge in [0.2, 0.25) is 5.65 Å². The van der Waals surface area contributed by atoms with Gasteiger partial charge in [-0.15, -0.1) is 4.98 Å². The lowest BCUT2D eigenvalue weighted by Crippen LogP contribution is -2.11. The van der Waals surface area contributed by atoms with E-state index in [1.165, 1.54) is 0 Å². The molecule has 0 bridgehead atoms. The van der Waals surface area contributed by atoms with Gasteiger partial charge in [-0.3, -0.25) is 0 Å². The minimum Gasteiger partial charge on any atom is -0.388 e. The van der Waals surface area contributed by atoms with E-state index < -0.39 is 0 Å². The van der Waals surface area contributed by atoms with Crippen molar-refractivity contribution < 1.29 is 0 Å². The Hall–Kier alpha value is -3.24. The molecule has 7 heteroatoms. The van der Waals surface area contributed by atoms with Gasteiger partial charge < -0.3 is 20.5 Å². The Kier molecular flexibility index (Phi) is 3.99. The summed E-state index contributed by atoms with van der Waals surface area (Å²) >= 11 is 4.80. The van der Waals surface area contributed by atoms with Crippen molar-refractivity contribution in [1.29, 1.82) is 0 Å². The maximum atomic E-state index is 6.72. The Morgan fingerprint density at radius 2 is 1.57 bits per heavy atom. The number of H-pyrrole nitrogens is 2. The zero-order chi connectivity index (χ0) is 16.2. The average molecular weight is 320 g/mol. The highest BCUT2D eigenvalue weighted by molar-refractivity contribution is 7.80. The number of nitrogens with one attached hydrogen (secondary N) is 2. The molecule has 0 atom stereocenters. The summed E-state index contributed by atoms with van der Waals surface area (Å²) in [5, 5.41) is 2.10. The van der Waals surface area contributed by atoms with Crippen LogP contribution >= 0.6 is 12.2 Å². The van der Waals surface area contributed by atoms with Crippen LogP contribution in [0.1, 0.15) is 5.69 Å². The number of hydrogen-bond acceptors (Lipinski definition) is 3. The molecule has 0 fully saturated rings. The van der Waals surface area contributed by atoms with Gasteiger partial charge in [-0.25, -0.2) is 4.98 Å². The highest BCUT2D eigenvalue weighted by Gasteiger charge is 2.00. The number of aromatic nitrogens is 4. The highest BCUT2D eigenvalue weighted by atomic mass is 32.1. The van der Waals surface area contributed by atoms with E-state index in [1.807, 2.05) is 42.7 Å². The van der Waals surface area contributed by atoms with Gasteiger partial charge in [0, 0.05) is 23.2 Å². The lowest BCUT2D eigenvalue weighted by molar-refractivity contribution is 1.30. The van der Waals surface area contributed by atoms with Crippen molar-refractivity contribution in [2.45, 2.75) is 0 Å². The molecule has 4 aromatic heterocycles. The van der Waals surface area contributed by atoms with Gasteiger partial charge in [0.15, 0.2) is 0 Å². The first kappa shape index (κ1) is 14.7. The Morgan fingerprint density at radius 1 is 0.957 bits per heavy atom. The molecule has 4 rings (SSSR count). The fourth-order valence-electron chi connectivity index (χ4n) is 2.05. The number of rotatable bonds is 1. The van der Waals surface area contributed by atoms with Crippen molar-refractivity contribution >= 4 is 45.1 Å². The van der Waals surface area contributed by atoms with Crippen LogP contribution in [0.4, 0.5) is 5.82 Å². The molecular formula is C16H12N6S. The van der Waals surface area contributed by atoms with E-state index >= 15 is 0 Å². The van der Waals surface area contributed by atoms with Crippen molar-refractivity contribution in [3.63, 3.8) is 0 Å². The van der Waals surface area contributed by atoms with Crippen LogP contribution in [-0.2, 0) is 0 Å². The molecule has 0 radical (unpaired) electrons. The zero-order valence-electron chi connectivity index (χ0n) is 11.9. The third-order valence-electron chi connectivity index (χ3n) is 3.17. The van der Waals surface area contributed by atoms with E-state index in [4.69, 9.17) is 24.5 Å². The molecule has 23 heavy (non-hydrogen) atoms. The molecule has 0 spiro atoms. The van der Waals surface area contributed by atoms with Crippen molar-refractivity contribution in [2.75, 3.05) is 0 Å². The zero-order valence-corrected chi connectivity index (χ0v) is 12.8. The van der Waals surface area contributed by atoms with Crippen LogP contribution in [0.2, 0.25) is 0 Å². The number of pyridine rings is 2. The molecule has 0 saturated heterocycles. The standard InChI is InChI=1S/C8H7N3S.C8H5N3/c9-7(12)6-2-1-5-3-4-10-8(5)11-6;1-9-7-3-2-6-4-5-10-8(6)11-7/h1-4H,(H2,9,12)(H,10,11);2-5H,(H,10,11). The van der Waals surface area contributed by atoms with Gasteiger partial charge in [0.25, 0.3) is 5.82 Å². The molecule has 4 N–H and O–H groups in total. The van der Waals surface area contributed by atoms with E-state index in [-0.39, 0.29) is 0 Å². The van der Waals surface area contributed by atoms with Crippen LogP contribution in [0, 0.1) is 6.57 Å². The SMILES string of the molecule is NC(=S)c1ccc2cc[nH]c2n1.[C-]#[N+]c1ccc2cc[nH]c2n1. The summed E-state index contributed by atoms with van der Waals surface area (Å²) in [4.78, 5) is 17.7. The Morgan fingerprint density at radius 3 is 2.17 bits per heavy atom. The van der Waals surface area contributed by atoms with E-state index in [0.29, 0.717) is 16.5 Å². The van der Waals surface area contributed by atoms with Gasteiger partial charge >= 0.3 is 0 Å². The van der Waals surface area contributed by atoms with Crippen LogP contribution in [0.15, 0.2) is 48.8 Å². The molecule has 0 aliphatic carbocycles. The predicted molar refractivity (Wildman–Crippen MR) is 94.3 cm³/mol. The number of hydrogen-bond donors (Lipinski definition) is 3. The van der Waals surface area contributed by atoms with Gasteiger partial charge in [0.05, 0.1) is 5.69 Å². The van der Waals surface area contributed by atoms with Crippen LogP contribution in [0.25, 0.3) is 26.9 Å². The summed E-state index contributed by atoms with van der Waals surface area (Å²) in [5.74, 6) is 0.431. The summed E-state index contributed by atoms with van der Waals surface area (Å²) in [6.45, 7) is 6.72. The van der Waals surface area contributed by atoms with Crippen LogP contribution in [0.3, 0.4) is 0 Å². The summed E-state index contributed by atoms with van der Waals surface area (Å²) in [6, 6.07) is 11.2. The molecule has 0 amide bonds. The van der Waals surface area contributed by atoms with E-state index in [1.54, 1.807) is 6.07 Å². The second-order valence-corrected chi connectivity index (χ2v) is 5.11. The van der Waals surface area contributed by atoms with Crippen molar-refractivity contribution in [1.82, 2.24) is 19.9 Å². The largest absolute Gasteiger partial charge is 0.388 e. The van der Waals surface area contributed by atoms with Crippen LogP contribution in [0.5, 0.6) is 0 Å². The van der Waals surface area contributed by atoms with Crippen LogP contribution < -0.4 is 5.73 Å². The van der Waals surface area contributed by atoms with E-state index in [0.717, 1.165) is 22.1 Å². The fraction of sp³-hybridized carbons (Fsp3) is 0. The first-order chi connectivity index (χ1) is 11.2. The Bertz CT molecular complexity index is 1020. The van der Waals surface area contributed by atoms with Gasteiger partial charge in [-0.1, -0.05) is 24.9 Å². The quantitative estimate of drug-likeness (QED) is 0.371. The van der Waals surface area contributed by atoms with Crippen molar-refractivity contribution in [2.24, 2.45) is 5.73 Å². The minimum absolute atomic E-state index is 0.325. The smallest absolute Gasteiger partial charge is 0.271 e. The number of aromatic amines is 2. The second kappa shape index (κ2) is 6.25. The number of fused-ring (bicyclic) bond motifs is 2. The van der Waals surface area contributed by atoms with Gasteiger partial charge in [0.1, 0.15) is 10.6 Å². The maximum absolute atomic E-state index is 6.72.